The predicted molar refractivity (Wildman–Crippen MR) is 56.5 cm³/mol. The molecule has 2 rings (SSSR count). The van der Waals surface area contributed by atoms with E-state index in [1.807, 2.05) is 24.3 Å². The minimum Gasteiger partial charge on any atom is -0.388 e. The summed E-state index contributed by atoms with van der Waals surface area (Å²) < 4.78 is 10.1. The molecule has 1 unspecified atom stereocenters. The van der Waals surface area contributed by atoms with Gasteiger partial charge in [-0.3, -0.25) is 0 Å². The molecule has 1 aromatic rings. The van der Waals surface area contributed by atoms with Gasteiger partial charge in [0, 0.05) is 13.5 Å². The molecule has 0 spiro atoms. The molecule has 2 atom stereocenters. The van der Waals surface area contributed by atoms with E-state index in [1.165, 1.54) is 0 Å². The number of methoxy groups -OCH3 is 1. The zero-order chi connectivity index (χ0) is 10.7. The molecule has 1 saturated heterocycles. The Morgan fingerprint density at radius 2 is 2.13 bits per heavy atom. The molecule has 82 valence electrons. The lowest BCUT2D eigenvalue weighted by Gasteiger charge is -2.09. The van der Waals surface area contributed by atoms with Crippen LogP contribution in [0.15, 0.2) is 24.3 Å². The van der Waals surface area contributed by atoms with Crippen LogP contribution in [0.5, 0.6) is 0 Å². The molecule has 0 saturated carbocycles. The Hall–Kier alpha value is -0.900. The van der Waals surface area contributed by atoms with E-state index in [1.54, 1.807) is 7.11 Å². The molecule has 3 nitrogen and oxygen atoms in total. The highest BCUT2D eigenvalue weighted by atomic mass is 16.6. The van der Waals surface area contributed by atoms with Gasteiger partial charge < -0.3 is 14.6 Å². The zero-order valence-electron chi connectivity index (χ0n) is 8.85. The molecule has 0 aliphatic carbocycles. The van der Waals surface area contributed by atoms with E-state index < -0.39 is 6.10 Å². The molecular formula is C12H16O3. The first-order valence-electron chi connectivity index (χ1n) is 5.17. The van der Waals surface area contributed by atoms with E-state index in [0.717, 1.165) is 17.7 Å². The van der Waals surface area contributed by atoms with Crippen molar-refractivity contribution in [2.45, 2.75) is 25.2 Å². The Bertz CT molecular complexity index is 303. The van der Waals surface area contributed by atoms with Gasteiger partial charge >= 0.3 is 0 Å². The fourth-order valence-corrected chi connectivity index (χ4v) is 1.59. The molecule has 1 fully saturated rings. The van der Waals surface area contributed by atoms with Crippen molar-refractivity contribution in [3.63, 3.8) is 0 Å². The van der Waals surface area contributed by atoms with Crippen LogP contribution in [0.25, 0.3) is 0 Å². The molecule has 1 aliphatic rings. The number of hydrogen-bond acceptors (Lipinski definition) is 3. The Balaban J connectivity index is 1.95. The highest BCUT2D eigenvalue weighted by molar-refractivity contribution is 5.23. The van der Waals surface area contributed by atoms with Crippen molar-refractivity contribution in [1.29, 1.82) is 0 Å². The van der Waals surface area contributed by atoms with Crippen LogP contribution in [-0.2, 0) is 16.1 Å². The number of ether oxygens (including phenoxy) is 2. The van der Waals surface area contributed by atoms with E-state index in [9.17, 15) is 5.11 Å². The topological polar surface area (TPSA) is 42.0 Å². The van der Waals surface area contributed by atoms with Crippen molar-refractivity contribution >= 4 is 0 Å². The SMILES string of the molecule is COCc1ccc([C@H](O)CC2CO2)cc1. The third kappa shape index (κ3) is 3.02. The van der Waals surface area contributed by atoms with Crippen LogP contribution in [0.4, 0.5) is 0 Å². The number of hydrogen-bond donors (Lipinski definition) is 1. The minimum absolute atomic E-state index is 0.263. The Labute approximate surface area is 89.6 Å². The number of rotatable bonds is 5. The lowest BCUT2D eigenvalue weighted by molar-refractivity contribution is 0.154. The van der Waals surface area contributed by atoms with E-state index in [4.69, 9.17) is 9.47 Å². The van der Waals surface area contributed by atoms with Crippen LogP contribution < -0.4 is 0 Å². The average Bonchev–Trinajstić information content (AvgIpc) is 3.03. The summed E-state index contributed by atoms with van der Waals surface area (Å²) in [5.74, 6) is 0. The summed E-state index contributed by atoms with van der Waals surface area (Å²) in [4.78, 5) is 0. The highest BCUT2D eigenvalue weighted by Crippen LogP contribution is 2.25. The predicted octanol–water partition coefficient (Wildman–Crippen LogP) is 1.66. The highest BCUT2D eigenvalue weighted by Gasteiger charge is 2.26. The largest absolute Gasteiger partial charge is 0.388 e. The van der Waals surface area contributed by atoms with E-state index in [2.05, 4.69) is 0 Å². The maximum Gasteiger partial charge on any atom is 0.0837 e. The molecule has 3 heteroatoms. The van der Waals surface area contributed by atoms with Gasteiger partial charge in [0.05, 0.1) is 25.4 Å². The lowest BCUT2D eigenvalue weighted by Crippen LogP contribution is -2.01. The summed E-state index contributed by atoms with van der Waals surface area (Å²) in [6.45, 7) is 1.40. The lowest BCUT2D eigenvalue weighted by atomic mass is 10.0. The molecule has 1 aliphatic heterocycles. The van der Waals surface area contributed by atoms with Gasteiger partial charge in [0.1, 0.15) is 0 Å². The molecule has 0 radical (unpaired) electrons. The van der Waals surface area contributed by atoms with Gasteiger partial charge in [-0.2, -0.15) is 0 Å². The molecule has 1 aromatic carbocycles. The molecule has 1 N–H and O–H groups in total. The summed E-state index contributed by atoms with van der Waals surface area (Å²) in [5.41, 5.74) is 2.07. The molecule has 15 heavy (non-hydrogen) atoms. The quantitative estimate of drug-likeness (QED) is 0.748. The van der Waals surface area contributed by atoms with Crippen molar-refractivity contribution in [2.24, 2.45) is 0 Å². The van der Waals surface area contributed by atoms with Crippen LogP contribution in [0, 0.1) is 0 Å². The Kier molecular flexibility index (Phi) is 3.36. The first kappa shape index (κ1) is 10.6. The van der Waals surface area contributed by atoms with Gasteiger partial charge in [0.25, 0.3) is 0 Å². The second-order valence-corrected chi connectivity index (χ2v) is 3.88. The molecule has 0 bridgehead atoms. The number of epoxide rings is 1. The second kappa shape index (κ2) is 4.75. The third-order valence-electron chi connectivity index (χ3n) is 2.56. The smallest absolute Gasteiger partial charge is 0.0837 e. The molecule has 0 aromatic heterocycles. The summed E-state index contributed by atoms with van der Waals surface area (Å²) in [6, 6.07) is 7.86. The van der Waals surface area contributed by atoms with Gasteiger partial charge in [0.15, 0.2) is 0 Å². The second-order valence-electron chi connectivity index (χ2n) is 3.88. The standard InChI is InChI=1S/C12H16O3/c1-14-7-9-2-4-10(5-3-9)12(13)6-11-8-15-11/h2-5,11-13H,6-8H2,1H3/t11?,12-/m1/s1. The summed E-state index contributed by atoms with van der Waals surface area (Å²) in [6.07, 6.45) is 0.552. The summed E-state index contributed by atoms with van der Waals surface area (Å²) in [7, 11) is 1.67. The Morgan fingerprint density at radius 3 is 2.67 bits per heavy atom. The maximum absolute atomic E-state index is 9.84. The van der Waals surface area contributed by atoms with Crippen molar-refractivity contribution < 1.29 is 14.6 Å². The normalized spacial score (nSPS) is 21.3. The molecule has 1 heterocycles. The average molecular weight is 208 g/mol. The summed E-state index contributed by atoms with van der Waals surface area (Å²) in [5, 5.41) is 9.84. The number of aliphatic hydroxyl groups is 1. The van der Waals surface area contributed by atoms with Crippen LogP contribution >= 0.6 is 0 Å². The third-order valence-corrected chi connectivity index (χ3v) is 2.56. The fourth-order valence-electron chi connectivity index (χ4n) is 1.59. The van der Waals surface area contributed by atoms with Crippen LogP contribution in [0.1, 0.15) is 23.7 Å². The van der Waals surface area contributed by atoms with Gasteiger partial charge in [0.2, 0.25) is 0 Å². The van der Waals surface area contributed by atoms with Crippen molar-refractivity contribution in [3.8, 4) is 0 Å². The van der Waals surface area contributed by atoms with Gasteiger partial charge in [-0.05, 0) is 11.1 Å². The first-order valence-corrected chi connectivity index (χ1v) is 5.17. The van der Waals surface area contributed by atoms with E-state index >= 15 is 0 Å². The zero-order valence-corrected chi connectivity index (χ0v) is 8.85. The van der Waals surface area contributed by atoms with Crippen molar-refractivity contribution in [1.82, 2.24) is 0 Å². The van der Waals surface area contributed by atoms with Crippen LogP contribution in [0.2, 0.25) is 0 Å². The Morgan fingerprint density at radius 1 is 1.47 bits per heavy atom. The molecule has 0 amide bonds. The first-order chi connectivity index (χ1) is 7.29. The van der Waals surface area contributed by atoms with Gasteiger partial charge in [-0.15, -0.1) is 0 Å². The monoisotopic (exact) mass is 208 g/mol. The summed E-state index contributed by atoms with van der Waals surface area (Å²) >= 11 is 0. The van der Waals surface area contributed by atoms with Gasteiger partial charge in [-0.25, -0.2) is 0 Å². The van der Waals surface area contributed by atoms with Crippen molar-refractivity contribution in [3.05, 3.63) is 35.4 Å². The van der Waals surface area contributed by atoms with Crippen LogP contribution in [0.3, 0.4) is 0 Å². The van der Waals surface area contributed by atoms with E-state index in [0.29, 0.717) is 13.0 Å². The van der Waals surface area contributed by atoms with E-state index in [-0.39, 0.29) is 6.10 Å². The van der Waals surface area contributed by atoms with Crippen LogP contribution in [-0.4, -0.2) is 24.9 Å². The minimum atomic E-state index is -0.408. The van der Waals surface area contributed by atoms with Gasteiger partial charge in [-0.1, -0.05) is 24.3 Å². The molecular weight excluding hydrogens is 192 g/mol. The van der Waals surface area contributed by atoms with Crippen molar-refractivity contribution in [2.75, 3.05) is 13.7 Å². The fraction of sp³-hybridized carbons (Fsp3) is 0.500. The number of aliphatic hydroxyl groups excluding tert-OH is 1. The maximum atomic E-state index is 9.84. The number of benzene rings is 1.